The standard InChI is InChI=1S/C19H14N6OS/c26-17(10-13-4-3-6-20-12-13)24-16-11-15(14-5-1-2-7-21-14)23-18(25-16)19-22-8-9-27-19/h1-9,11-12H,10H2,(H,23,24,25,26). The van der Waals surface area contributed by atoms with Crippen molar-refractivity contribution in [2.24, 2.45) is 0 Å². The van der Waals surface area contributed by atoms with Crippen LogP contribution in [-0.4, -0.2) is 30.8 Å². The lowest BCUT2D eigenvalue weighted by molar-refractivity contribution is -0.115. The minimum atomic E-state index is -0.182. The van der Waals surface area contributed by atoms with Crippen molar-refractivity contribution in [2.45, 2.75) is 6.42 Å². The van der Waals surface area contributed by atoms with Gasteiger partial charge in [0.1, 0.15) is 5.82 Å². The number of pyridine rings is 2. The predicted molar refractivity (Wildman–Crippen MR) is 103 cm³/mol. The second-order valence-electron chi connectivity index (χ2n) is 5.60. The van der Waals surface area contributed by atoms with E-state index in [1.54, 1.807) is 36.9 Å². The Morgan fingerprint density at radius 2 is 1.96 bits per heavy atom. The van der Waals surface area contributed by atoms with Crippen LogP contribution in [0.5, 0.6) is 0 Å². The Morgan fingerprint density at radius 3 is 2.70 bits per heavy atom. The van der Waals surface area contributed by atoms with Gasteiger partial charge in [-0.05, 0) is 23.8 Å². The zero-order valence-electron chi connectivity index (χ0n) is 14.1. The van der Waals surface area contributed by atoms with E-state index in [-0.39, 0.29) is 12.3 Å². The molecule has 0 atom stereocenters. The highest BCUT2D eigenvalue weighted by Crippen LogP contribution is 2.24. The number of amides is 1. The first-order chi connectivity index (χ1) is 13.3. The number of carbonyl (C=O) groups excluding carboxylic acids is 1. The summed E-state index contributed by atoms with van der Waals surface area (Å²) in [5, 5.41) is 5.36. The number of aromatic nitrogens is 5. The molecule has 1 amide bonds. The molecular formula is C19H14N6OS. The third-order valence-corrected chi connectivity index (χ3v) is 4.40. The molecule has 0 unspecified atom stereocenters. The second-order valence-corrected chi connectivity index (χ2v) is 6.50. The van der Waals surface area contributed by atoms with Crippen LogP contribution in [0, 0.1) is 0 Å². The molecule has 0 saturated heterocycles. The van der Waals surface area contributed by atoms with E-state index in [1.165, 1.54) is 11.3 Å². The Morgan fingerprint density at radius 1 is 1.00 bits per heavy atom. The zero-order valence-corrected chi connectivity index (χ0v) is 14.9. The summed E-state index contributed by atoms with van der Waals surface area (Å²) in [6.45, 7) is 0. The van der Waals surface area contributed by atoms with Gasteiger partial charge in [0, 0.05) is 36.2 Å². The van der Waals surface area contributed by atoms with Crippen molar-refractivity contribution in [3.8, 4) is 22.2 Å². The van der Waals surface area contributed by atoms with Crippen LogP contribution >= 0.6 is 11.3 Å². The molecule has 0 aliphatic rings. The lowest BCUT2D eigenvalue weighted by Crippen LogP contribution is -2.16. The number of nitrogens with one attached hydrogen (secondary N) is 1. The molecule has 27 heavy (non-hydrogen) atoms. The summed E-state index contributed by atoms with van der Waals surface area (Å²) < 4.78 is 0. The van der Waals surface area contributed by atoms with Gasteiger partial charge in [0.2, 0.25) is 5.91 Å². The number of rotatable bonds is 5. The van der Waals surface area contributed by atoms with Crippen LogP contribution in [0.1, 0.15) is 5.56 Å². The number of thiazole rings is 1. The maximum atomic E-state index is 12.4. The minimum Gasteiger partial charge on any atom is -0.310 e. The average molecular weight is 374 g/mol. The van der Waals surface area contributed by atoms with Crippen LogP contribution in [0.15, 0.2) is 66.6 Å². The molecule has 0 aromatic carbocycles. The van der Waals surface area contributed by atoms with E-state index < -0.39 is 0 Å². The number of nitrogens with zero attached hydrogens (tertiary/aromatic N) is 5. The van der Waals surface area contributed by atoms with Gasteiger partial charge in [0.15, 0.2) is 10.8 Å². The Kier molecular flexibility index (Phi) is 4.88. The monoisotopic (exact) mass is 374 g/mol. The van der Waals surface area contributed by atoms with Gasteiger partial charge in [-0.15, -0.1) is 11.3 Å². The van der Waals surface area contributed by atoms with Gasteiger partial charge in [-0.2, -0.15) is 0 Å². The van der Waals surface area contributed by atoms with Gasteiger partial charge in [0.25, 0.3) is 0 Å². The third kappa shape index (κ3) is 4.18. The molecule has 4 aromatic rings. The fraction of sp³-hybridized carbons (Fsp3) is 0.0526. The SMILES string of the molecule is O=C(Cc1cccnc1)Nc1cc(-c2ccccn2)nc(-c2nccs2)n1. The van der Waals surface area contributed by atoms with Gasteiger partial charge >= 0.3 is 0 Å². The molecular weight excluding hydrogens is 360 g/mol. The Bertz CT molecular complexity index is 1040. The molecule has 0 aliphatic heterocycles. The van der Waals surface area contributed by atoms with Crippen LogP contribution in [0.25, 0.3) is 22.2 Å². The maximum Gasteiger partial charge on any atom is 0.230 e. The van der Waals surface area contributed by atoms with Crippen molar-refractivity contribution >= 4 is 23.1 Å². The summed E-state index contributed by atoms with van der Waals surface area (Å²) in [6, 6.07) is 10.9. The van der Waals surface area contributed by atoms with E-state index in [9.17, 15) is 4.79 Å². The fourth-order valence-electron chi connectivity index (χ4n) is 2.46. The van der Waals surface area contributed by atoms with E-state index in [0.29, 0.717) is 28.0 Å². The Balaban J connectivity index is 1.65. The largest absolute Gasteiger partial charge is 0.310 e. The van der Waals surface area contributed by atoms with Gasteiger partial charge in [-0.3, -0.25) is 14.8 Å². The normalized spacial score (nSPS) is 10.5. The van der Waals surface area contributed by atoms with E-state index in [4.69, 9.17) is 0 Å². The fourth-order valence-corrected chi connectivity index (χ4v) is 3.03. The van der Waals surface area contributed by atoms with Crippen molar-refractivity contribution in [1.82, 2.24) is 24.9 Å². The summed E-state index contributed by atoms with van der Waals surface area (Å²) in [6.07, 6.45) is 6.94. The molecule has 0 bridgehead atoms. The second kappa shape index (κ2) is 7.79. The molecule has 0 fully saturated rings. The molecule has 1 N–H and O–H groups in total. The van der Waals surface area contributed by atoms with Crippen molar-refractivity contribution in [2.75, 3.05) is 5.32 Å². The van der Waals surface area contributed by atoms with Crippen LogP contribution < -0.4 is 5.32 Å². The first-order valence-corrected chi connectivity index (χ1v) is 9.05. The highest BCUT2D eigenvalue weighted by atomic mass is 32.1. The molecule has 132 valence electrons. The summed E-state index contributed by atoms with van der Waals surface area (Å²) in [5.41, 5.74) is 2.14. The molecule has 8 heteroatoms. The number of hydrogen-bond donors (Lipinski definition) is 1. The molecule has 4 rings (SSSR count). The summed E-state index contributed by atoms with van der Waals surface area (Å²) >= 11 is 1.43. The molecule has 7 nitrogen and oxygen atoms in total. The third-order valence-electron chi connectivity index (χ3n) is 3.63. The van der Waals surface area contributed by atoms with Crippen molar-refractivity contribution in [3.05, 3.63) is 72.1 Å². The van der Waals surface area contributed by atoms with E-state index in [0.717, 1.165) is 5.56 Å². The molecule has 4 aromatic heterocycles. The summed E-state index contributed by atoms with van der Waals surface area (Å²) in [7, 11) is 0. The van der Waals surface area contributed by atoms with Crippen molar-refractivity contribution in [1.29, 1.82) is 0 Å². The molecule has 4 heterocycles. The Labute approximate surface area is 159 Å². The maximum absolute atomic E-state index is 12.4. The van der Waals surface area contributed by atoms with Gasteiger partial charge in [-0.1, -0.05) is 12.1 Å². The van der Waals surface area contributed by atoms with Crippen LogP contribution in [0.2, 0.25) is 0 Å². The molecule has 0 saturated carbocycles. The van der Waals surface area contributed by atoms with Crippen LogP contribution in [0.3, 0.4) is 0 Å². The summed E-state index contributed by atoms with van der Waals surface area (Å²) in [5.74, 6) is 0.674. The van der Waals surface area contributed by atoms with E-state index >= 15 is 0 Å². The van der Waals surface area contributed by atoms with Gasteiger partial charge in [0.05, 0.1) is 17.8 Å². The zero-order chi connectivity index (χ0) is 18.5. The Hall–Kier alpha value is -3.52. The number of anilines is 1. The van der Waals surface area contributed by atoms with E-state index in [1.807, 2.05) is 29.6 Å². The molecule has 0 aliphatic carbocycles. The molecule has 0 radical (unpaired) electrons. The summed E-state index contributed by atoms with van der Waals surface area (Å²) in [4.78, 5) is 34.0. The highest BCUT2D eigenvalue weighted by Gasteiger charge is 2.13. The number of carbonyl (C=O) groups is 1. The number of hydrogen-bond acceptors (Lipinski definition) is 7. The van der Waals surface area contributed by atoms with Crippen LogP contribution in [-0.2, 0) is 11.2 Å². The highest BCUT2D eigenvalue weighted by molar-refractivity contribution is 7.13. The predicted octanol–water partition coefficient (Wildman–Crippen LogP) is 3.24. The lowest BCUT2D eigenvalue weighted by Gasteiger charge is -2.08. The van der Waals surface area contributed by atoms with Gasteiger partial charge in [-0.25, -0.2) is 15.0 Å². The van der Waals surface area contributed by atoms with Crippen molar-refractivity contribution < 1.29 is 4.79 Å². The smallest absolute Gasteiger partial charge is 0.230 e. The van der Waals surface area contributed by atoms with Crippen LogP contribution in [0.4, 0.5) is 5.82 Å². The van der Waals surface area contributed by atoms with Gasteiger partial charge < -0.3 is 5.32 Å². The lowest BCUT2D eigenvalue weighted by atomic mass is 10.2. The quantitative estimate of drug-likeness (QED) is 0.576. The average Bonchev–Trinajstić information content (AvgIpc) is 3.24. The first-order valence-electron chi connectivity index (χ1n) is 8.17. The topological polar surface area (TPSA) is 93.6 Å². The van der Waals surface area contributed by atoms with Crippen molar-refractivity contribution in [3.63, 3.8) is 0 Å². The first kappa shape index (κ1) is 16.9. The van der Waals surface area contributed by atoms with E-state index in [2.05, 4.69) is 30.2 Å². The minimum absolute atomic E-state index is 0.182. The molecule has 0 spiro atoms.